The highest BCUT2D eigenvalue weighted by molar-refractivity contribution is 7.93. The van der Waals surface area contributed by atoms with Crippen molar-refractivity contribution < 1.29 is 21.6 Å². The number of benzene rings is 2. The van der Waals surface area contributed by atoms with Gasteiger partial charge in [-0.05, 0) is 55.3 Å². The van der Waals surface area contributed by atoms with Crippen molar-refractivity contribution in [3.63, 3.8) is 0 Å². The van der Waals surface area contributed by atoms with E-state index in [1.165, 1.54) is 16.4 Å². The number of nitrogens with zero attached hydrogens (tertiary/aromatic N) is 1. The summed E-state index contributed by atoms with van der Waals surface area (Å²) in [6.07, 6.45) is 1.68. The second kappa shape index (κ2) is 6.97. The van der Waals surface area contributed by atoms with Crippen molar-refractivity contribution in [2.45, 2.75) is 18.2 Å². The summed E-state index contributed by atoms with van der Waals surface area (Å²) in [5, 5.41) is 2.71. The average Bonchev–Trinajstić information content (AvgIpc) is 2.94. The zero-order valence-electron chi connectivity index (χ0n) is 15.0. The number of sulfonamides is 1. The molecule has 0 aromatic heterocycles. The SMILES string of the molecule is Cc1ccc(S(C)(=O)=O)cc1C(=O)Nc1ccc(N2CCCS2(=O)=O)cc1. The van der Waals surface area contributed by atoms with Crippen LogP contribution in [0.15, 0.2) is 47.4 Å². The number of hydrogen-bond donors (Lipinski definition) is 1. The number of amides is 1. The monoisotopic (exact) mass is 408 g/mol. The fraction of sp³-hybridized carbons (Fsp3) is 0.278. The highest BCUT2D eigenvalue weighted by atomic mass is 32.2. The number of nitrogens with one attached hydrogen (secondary N) is 1. The predicted octanol–water partition coefficient (Wildman–Crippen LogP) is 2.19. The van der Waals surface area contributed by atoms with Gasteiger partial charge in [-0.25, -0.2) is 16.8 Å². The van der Waals surface area contributed by atoms with Gasteiger partial charge < -0.3 is 5.32 Å². The van der Waals surface area contributed by atoms with Crippen LogP contribution >= 0.6 is 0 Å². The van der Waals surface area contributed by atoms with Crippen molar-refractivity contribution in [1.29, 1.82) is 0 Å². The van der Waals surface area contributed by atoms with E-state index in [1.807, 2.05) is 0 Å². The third-order valence-corrected chi connectivity index (χ3v) is 7.37. The average molecular weight is 409 g/mol. The molecule has 0 bridgehead atoms. The summed E-state index contributed by atoms with van der Waals surface area (Å²) in [5.74, 6) is -0.291. The Kier molecular flexibility index (Phi) is 5.00. The number of aryl methyl sites for hydroxylation is 1. The molecule has 0 spiro atoms. The summed E-state index contributed by atoms with van der Waals surface area (Å²) in [5.41, 5.74) is 1.97. The number of sulfone groups is 1. The number of carbonyl (C=O) groups is 1. The first-order chi connectivity index (χ1) is 12.6. The largest absolute Gasteiger partial charge is 0.322 e. The lowest BCUT2D eigenvalue weighted by Gasteiger charge is -2.17. The summed E-state index contributed by atoms with van der Waals surface area (Å²) >= 11 is 0. The van der Waals surface area contributed by atoms with Crippen LogP contribution in [0.2, 0.25) is 0 Å². The molecule has 1 heterocycles. The first kappa shape index (κ1) is 19.4. The maximum atomic E-state index is 12.5. The Morgan fingerprint density at radius 3 is 2.33 bits per heavy atom. The van der Waals surface area contributed by atoms with E-state index in [0.29, 0.717) is 29.9 Å². The summed E-state index contributed by atoms with van der Waals surface area (Å²) in [7, 11) is -6.67. The van der Waals surface area contributed by atoms with Gasteiger partial charge in [0.05, 0.1) is 16.3 Å². The van der Waals surface area contributed by atoms with Gasteiger partial charge >= 0.3 is 0 Å². The molecule has 1 amide bonds. The van der Waals surface area contributed by atoms with Crippen molar-refractivity contribution in [1.82, 2.24) is 0 Å². The predicted molar refractivity (Wildman–Crippen MR) is 104 cm³/mol. The lowest BCUT2D eigenvalue weighted by atomic mass is 10.1. The van der Waals surface area contributed by atoms with Crippen LogP contribution in [-0.2, 0) is 19.9 Å². The van der Waals surface area contributed by atoms with Crippen molar-refractivity contribution in [3.05, 3.63) is 53.6 Å². The maximum Gasteiger partial charge on any atom is 0.255 e. The summed E-state index contributed by atoms with van der Waals surface area (Å²) in [6.45, 7) is 2.17. The Labute approximate surface area is 159 Å². The molecule has 0 aliphatic carbocycles. The topological polar surface area (TPSA) is 101 Å². The Hall–Kier alpha value is -2.39. The van der Waals surface area contributed by atoms with Crippen LogP contribution in [0.5, 0.6) is 0 Å². The van der Waals surface area contributed by atoms with E-state index in [-0.39, 0.29) is 16.2 Å². The second-order valence-electron chi connectivity index (χ2n) is 6.49. The minimum Gasteiger partial charge on any atom is -0.322 e. The molecule has 1 aliphatic heterocycles. The number of rotatable bonds is 4. The minimum absolute atomic E-state index is 0.0767. The molecule has 2 aromatic carbocycles. The van der Waals surface area contributed by atoms with Gasteiger partial charge in [0.15, 0.2) is 9.84 Å². The molecule has 3 rings (SSSR count). The van der Waals surface area contributed by atoms with Gasteiger partial charge in [-0.3, -0.25) is 9.10 Å². The highest BCUT2D eigenvalue weighted by Gasteiger charge is 2.28. The molecule has 7 nitrogen and oxygen atoms in total. The van der Waals surface area contributed by atoms with E-state index in [1.54, 1.807) is 37.3 Å². The molecule has 9 heteroatoms. The fourth-order valence-corrected chi connectivity index (χ4v) is 5.13. The van der Waals surface area contributed by atoms with Crippen LogP contribution in [0.4, 0.5) is 11.4 Å². The fourth-order valence-electron chi connectivity index (χ4n) is 2.92. The second-order valence-corrected chi connectivity index (χ2v) is 10.5. The van der Waals surface area contributed by atoms with Crippen LogP contribution in [0, 0.1) is 6.92 Å². The normalized spacial score (nSPS) is 16.3. The molecule has 0 saturated carbocycles. The van der Waals surface area contributed by atoms with Crippen molar-refractivity contribution in [2.75, 3.05) is 28.2 Å². The lowest BCUT2D eigenvalue weighted by Crippen LogP contribution is -2.25. The van der Waals surface area contributed by atoms with Crippen LogP contribution in [0.3, 0.4) is 0 Å². The Morgan fingerprint density at radius 2 is 1.78 bits per heavy atom. The third kappa shape index (κ3) is 4.14. The molecule has 2 aromatic rings. The molecular weight excluding hydrogens is 388 g/mol. The summed E-state index contributed by atoms with van der Waals surface area (Å²) in [6, 6.07) is 10.9. The molecular formula is C18H20N2O5S2. The van der Waals surface area contributed by atoms with E-state index >= 15 is 0 Å². The van der Waals surface area contributed by atoms with Gasteiger partial charge in [-0.1, -0.05) is 6.07 Å². The molecule has 1 N–H and O–H groups in total. The maximum absolute atomic E-state index is 12.5. The lowest BCUT2D eigenvalue weighted by molar-refractivity contribution is 0.102. The Balaban J connectivity index is 1.81. The Bertz CT molecular complexity index is 1090. The summed E-state index contributed by atoms with van der Waals surface area (Å²) < 4.78 is 48.7. The zero-order valence-corrected chi connectivity index (χ0v) is 16.6. The Morgan fingerprint density at radius 1 is 1.11 bits per heavy atom. The highest BCUT2D eigenvalue weighted by Crippen LogP contribution is 2.25. The van der Waals surface area contributed by atoms with E-state index in [9.17, 15) is 21.6 Å². The van der Waals surface area contributed by atoms with E-state index in [0.717, 1.165) is 6.26 Å². The number of hydrogen-bond acceptors (Lipinski definition) is 5. The molecule has 1 aliphatic rings. The summed E-state index contributed by atoms with van der Waals surface area (Å²) in [4.78, 5) is 12.6. The van der Waals surface area contributed by atoms with Crippen LogP contribution in [-0.4, -0.2) is 41.3 Å². The van der Waals surface area contributed by atoms with Crippen molar-refractivity contribution >= 4 is 37.1 Å². The van der Waals surface area contributed by atoms with Gasteiger partial charge in [-0.15, -0.1) is 0 Å². The van der Waals surface area contributed by atoms with Crippen LogP contribution in [0.1, 0.15) is 22.3 Å². The van der Waals surface area contributed by atoms with Crippen molar-refractivity contribution in [2.24, 2.45) is 0 Å². The van der Waals surface area contributed by atoms with Gasteiger partial charge in [-0.2, -0.15) is 0 Å². The van der Waals surface area contributed by atoms with Gasteiger partial charge in [0.2, 0.25) is 10.0 Å². The quantitative estimate of drug-likeness (QED) is 0.836. The van der Waals surface area contributed by atoms with Gasteiger partial charge in [0.25, 0.3) is 5.91 Å². The molecule has 0 radical (unpaired) electrons. The minimum atomic E-state index is -3.42. The zero-order chi connectivity index (χ0) is 19.8. The van der Waals surface area contributed by atoms with Gasteiger partial charge in [0.1, 0.15) is 0 Å². The molecule has 0 atom stereocenters. The van der Waals surface area contributed by atoms with E-state index in [2.05, 4.69) is 5.32 Å². The van der Waals surface area contributed by atoms with E-state index in [4.69, 9.17) is 0 Å². The molecule has 27 heavy (non-hydrogen) atoms. The smallest absolute Gasteiger partial charge is 0.255 e. The standard InChI is InChI=1S/C18H20N2O5S2/c1-13-4-9-16(26(2,22)23)12-17(13)18(21)19-14-5-7-15(8-6-14)20-10-3-11-27(20,24)25/h4-9,12H,3,10-11H2,1-2H3,(H,19,21). The van der Waals surface area contributed by atoms with Crippen LogP contribution in [0.25, 0.3) is 0 Å². The molecule has 1 fully saturated rings. The first-order valence-electron chi connectivity index (χ1n) is 8.30. The van der Waals surface area contributed by atoms with Gasteiger partial charge in [0, 0.05) is 24.1 Å². The van der Waals surface area contributed by atoms with Crippen LogP contribution < -0.4 is 9.62 Å². The third-order valence-electron chi connectivity index (χ3n) is 4.39. The number of anilines is 2. The molecule has 1 saturated heterocycles. The van der Waals surface area contributed by atoms with E-state index < -0.39 is 25.8 Å². The number of carbonyl (C=O) groups excluding carboxylic acids is 1. The van der Waals surface area contributed by atoms with Crippen molar-refractivity contribution in [3.8, 4) is 0 Å². The first-order valence-corrected chi connectivity index (χ1v) is 11.8. The molecule has 0 unspecified atom stereocenters. The molecule has 144 valence electrons.